The molecule has 0 spiro atoms. The molecule has 9 nitrogen and oxygen atoms in total. The Labute approximate surface area is 171 Å². The van der Waals surface area contributed by atoms with Crippen LogP contribution in [0.15, 0.2) is 46.1 Å². The van der Waals surface area contributed by atoms with Gasteiger partial charge in [-0.15, -0.1) is 0 Å². The third kappa shape index (κ3) is 4.65. The first-order valence-corrected chi connectivity index (χ1v) is 9.31. The lowest BCUT2D eigenvalue weighted by molar-refractivity contribution is -0.127. The van der Waals surface area contributed by atoms with E-state index < -0.39 is 11.2 Å². The smallest absolute Gasteiger partial charge is 0.330 e. The third-order valence-electron chi connectivity index (χ3n) is 4.85. The Morgan fingerprint density at radius 2 is 1.60 bits per heavy atom. The average Bonchev–Trinajstić information content (AvgIpc) is 2.75. The summed E-state index contributed by atoms with van der Waals surface area (Å²) in [5.74, 6) is -0.673. The number of anilines is 1. The topological polar surface area (TPSA) is 96.7 Å². The number of nitrogens with zero attached hydrogens (tertiary/aromatic N) is 4. The molecule has 2 aromatic rings. The second kappa shape index (κ2) is 8.76. The highest BCUT2D eigenvalue weighted by molar-refractivity contribution is 5.92. The molecule has 1 aromatic heterocycles. The lowest BCUT2D eigenvalue weighted by atomic mass is 10.2. The minimum Gasteiger partial charge on any atom is -0.336 e. The number of hydrogen-bond donors (Lipinski definition) is 1. The Morgan fingerprint density at radius 3 is 2.23 bits per heavy atom. The molecule has 1 fully saturated rings. The van der Waals surface area contributed by atoms with Gasteiger partial charge in [-0.25, -0.2) is 14.0 Å². The summed E-state index contributed by atoms with van der Waals surface area (Å²) < 4.78 is 15.2. The molecular formula is C20H22FN5O4. The fourth-order valence-electron chi connectivity index (χ4n) is 3.08. The van der Waals surface area contributed by atoms with E-state index >= 15 is 0 Å². The van der Waals surface area contributed by atoms with Crippen molar-refractivity contribution in [3.05, 3.63) is 68.8 Å². The SMILES string of the molecule is Cn1cc(C=CC(=O)N2CCN(C(=O)Nc3ccc(F)cc3)CC2)c(=O)n(C)c1=O. The zero-order valence-corrected chi connectivity index (χ0v) is 16.7. The van der Waals surface area contributed by atoms with Gasteiger partial charge in [0.05, 0.1) is 5.56 Å². The molecule has 158 valence electrons. The first kappa shape index (κ1) is 21.0. The molecule has 1 N–H and O–H groups in total. The Morgan fingerprint density at radius 1 is 1.00 bits per heavy atom. The maximum atomic E-state index is 12.9. The normalized spacial score (nSPS) is 14.2. The first-order chi connectivity index (χ1) is 14.3. The molecule has 1 aliphatic rings. The van der Waals surface area contributed by atoms with Gasteiger partial charge in [0.15, 0.2) is 0 Å². The van der Waals surface area contributed by atoms with E-state index in [2.05, 4.69) is 5.32 Å². The van der Waals surface area contributed by atoms with E-state index in [1.165, 1.54) is 61.3 Å². The van der Waals surface area contributed by atoms with Gasteiger partial charge in [-0.1, -0.05) is 0 Å². The number of carbonyl (C=O) groups is 2. The van der Waals surface area contributed by atoms with Crippen molar-refractivity contribution in [1.82, 2.24) is 18.9 Å². The van der Waals surface area contributed by atoms with E-state index in [4.69, 9.17) is 0 Å². The molecule has 0 atom stereocenters. The summed E-state index contributed by atoms with van der Waals surface area (Å²) in [4.78, 5) is 51.7. The molecule has 1 aliphatic heterocycles. The molecular weight excluding hydrogens is 393 g/mol. The van der Waals surface area contributed by atoms with Crippen molar-refractivity contribution in [3.8, 4) is 0 Å². The molecule has 3 amide bonds. The number of benzene rings is 1. The Balaban J connectivity index is 1.57. The third-order valence-corrected chi connectivity index (χ3v) is 4.85. The second-order valence-corrected chi connectivity index (χ2v) is 6.92. The van der Waals surface area contributed by atoms with Crippen LogP contribution >= 0.6 is 0 Å². The van der Waals surface area contributed by atoms with Crippen LogP contribution in [0.4, 0.5) is 14.9 Å². The summed E-state index contributed by atoms with van der Waals surface area (Å²) in [6, 6.07) is 5.15. The lowest BCUT2D eigenvalue weighted by Crippen LogP contribution is -2.51. The molecule has 0 unspecified atom stereocenters. The van der Waals surface area contributed by atoms with E-state index in [0.717, 1.165) is 4.57 Å². The summed E-state index contributed by atoms with van der Waals surface area (Å²) in [5.41, 5.74) is -0.213. The van der Waals surface area contributed by atoms with Crippen molar-refractivity contribution in [2.45, 2.75) is 0 Å². The van der Waals surface area contributed by atoms with Crippen molar-refractivity contribution in [1.29, 1.82) is 0 Å². The molecule has 0 bridgehead atoms. The fraction of sp³-hybridized carbons (Fsp3) is 0.300. The number of aryl methyl sites for hydroxylation is 1. The van der Waals surface area contributed by atoms with Crippen LogP contribution in [-0.2, 0) is 18.9 Å². The standard InChI is InChI=1S/C20H22FN5O4/c1-23-13-14(18(28)24(2)20(23)30)3-8-17(27)25-9-11-26(12-10-25)19(29)22-16-6-4-15(21)5-7-16/h3-8,13H,9-12H2,1-2H3,(H,22,29). The highest BCUT2D eigenvalue weighted by atomic mass is 19.1. The number of hydrogen-bond acceptors (Lipinski definition) is 4. The van der Waals surface area contributed by atoms with Crippen LogP contribution in [0.25, 0.3) is 6.08 Å². The van der Waals surface area contributed by atoms with Gasteiger partial charge >= 0.3 is 11.7 Å². The maximum absolute atomic E-state index is 12.9. The Bertz CT molecular complexity index is 1100. The maximum Gasteiger partial charge on any atom is 0.330 e. The van der Waals surface area contributed by atoms with Crippen LogP contribution < -0.4 is 16.6 Å². The predicted octanol–water partition coefficient (Wildman–Crippen LogP) is 0.613. The molecule has 1 aromatic carbocycles. The van der Waals surface area contributed by atoms with E-state index in [1.807, 2.05) is 0 Å². The number of amides is 3. The minimum atomic E-state index is -0.482. The summed E-state index contributed by atoms with van der Waals surface area (Å²) >= 11 is 0. The molecule has 2 heterocycles. The molecule has 0 aliphatic carbocycles. The molecule has 3 rings (SSSR count). The minimum absolute atomic E-state index is 0.227. The second-order valence-electron chi connectivity index (χ2n) is 6.92. The van der Waals surface area contributed by atoms with Crippen LogP contribution in [0.2, 0.25) is 0 Å². The van der Waals surface area contributed by atoms with Crippen LogP contribution in [0.5, 0.6) is 0 Å². The van der Waals surface area contributed by atoms with Gasteiger partial charge in [0.1, 0.15) is 5.82 Å². The molecule has 1 saturated heterocycles. The van der Waals surface area contributed by atoms with Crippen LogP contribution in [-0.4, -0.2) is 57.1 Å². The number of carbonyl (C=O) groups excluding carboxylic acids is 2. The van der Waals surface area contributed by atoms with Gasteiger partial charge in [-0.05, 0) is 30.3 Å². The molecule has 0 saturated carbocycles. The Hall–Kier alpha value is -3.69. The highest BCUT2D eigenvalue weighted by Gasteiger charge is 2.23. The number of piperazine rings is 1. The zero-order chi connectivity index (χ0) is 21.8. The van der Waals surface area contributed by atoms with Gasteiger partial charge < -0.3 is 19.7 Å². The average molecular weight is 415 g/mol. The van der Waals surface area contributed by atoms with Crippen LogP contribution in [0, 0.1) is 5.82 Å². The van der Waals surface area contributed by atoms with E-state index in [-0.39, 0.29) is 23.3 Å². The summed E-state index contributed by atoms with van der Waals surface area (Å²) in [6.07, 6.45) is 4.05. The number of halogens is 1. The number of rotatable bonds is 3. The molecule has 30 heavy (non-hydrogen) atoms. The summed E-state index contributed by atoms with van der Waals surface area (Å²) in [6.45, 7) is 1.36. The number of aromatic nitrogens is 2. The fourth-order valence-corrected chi connectivity index (χ4v) is 3.08. The number of urea groups is 1. The largest absolute Gasteiger partial charge is 0.336 e. The first-order valence-electron chi connectivity index (χ1n) is 9.31. The predicted molar refractivity (Wildman–Crippen MR) is 110 cm³/mol. The summed E-state index contributed by atoms with van der Waals surface area (Å²) in [5, 5.41) is 2.69. The molecule has 0 radical (unpaired) electrons. The van der Waals surface area contributed by atoms with E-state index in [0.29, 0.717) is 31.9 Å². The van der Waals surface area contributed by atoms with Gasteiger partial charge in [0.25, 0.3) is 5.56 Å². The molecule has 10 heteroatoms. The van der Waals surface area contributed by atoms with Crippen molar-refractivity contribution >= 4 is 23.7 Å². The van der Waals surface area contributed by atoms with Crippen molar-refractivity contribution in [2.75, 3.05) is 31.5 Å². The lowest BCUT2D eigenvalue weighted by Gasteiger charge is -2.34. The van der Waals surface area contributed by atoms with Gasteiger partial charge in [-0.3, -0.25) is 14.2 Å². The Kier molecular flexibility index (Phi) is 6.14. The van der Waals surface area contributed by atoms with Crippen molar-refractivity contribution < 1.29 is 14.0 Å². The zero-order valence-electron chi connectivity index (χ0n) is 16.7. The van der Waals surface area contributed by atoms with Crippen molar-refractivity contribution in [3.63, 3.8) is 0 Å². The number of nitrogens with one attached hydrogen (secondary N) is 1. The van der Waals surface area contributed by atoms with E-state index in [9.17, 15) is 23.6 Å². The van der Waals surface area contributed by atoms with Gasteiger partial charge in [-0.2, -0.15) is 0 Å². The summed E-state index contributed by atoms with van der Waals surface area (Å²) in [7, 11) is 2.90. The van der Waals surface area contributed by atoms with Crippen LogP contribution in [0.3, 0.4) is 0 Å². The quantitative estimate of drug-likeness (QED) is 0.743. The van der Waals surface area contributed by atoms with Gasteiger partial charge in [0, 0.05) is 58.2 Å². The van der Waals surface area contributed by atoms with Crippen molar-refractivity contribution in [2.24, 2.45) is 14.1 Å². The monoisotopic (exact) mass is 415 g/mol. The van der Waals surface area contributed by atoms with Gasteiger partial charge in [0.2, 0.25) is 5.91 Å². The van der Waals surface area contributed by atoms with E-state index in [1.54, 1.807) is 9.80 Å². The van der Waals surface area contributed by atoms with Crippen LogP contribution in [0.1, 0.15) is 5.56 Å². The highest BCUT2D eigenvalue weighted by Crippen LogP contribution is 2.11.